The molecule has 1 aliphatic carbocycles. The molecule has 1 saturated carbocycles. The molecule has 1 aromatic rings. The van der Waals surface area contributed by atoms with Gasteiger partial charge in [0.25, 0.3) is 0 Å². The van der Waals surface area contributed by atoms with E-state index in [4.69, 9.17) is 5.73 Å². The topological polar surface area (TPSA) is 29.3 Å². The monoisotopic (exact) mass is 232 g/mol. The van der Waals surface area contributed by atoms with Crippen LogP contribution in [0.3, 0.4) is 0 Å². The molecular weight excluding hydrogens is 208 g/mol. The maximum absolute atomic E-state index is 6.14. The molecule has 0 heterocycles. The molecule has 0 radical (unpaired) electrons. The van der Waals surface area contributed by atoms with E-state index in [9.17, 15) is 0 Å². The molecule has 0 saturated heterocycles. The number of hydrogen-bond acceptors (Lipinski definition) is 2. The van der Waals surface area contributed by atoms with Crippen molar-refractivity contribution < 1.29 is 0 Å². The maximum Gasteiger partial charge on any atom is 0.0364 e. The fourth-order valence-electron chi connectivity index (χ4n) is 2.24. The highest BCUT2D eigenvalue weighted by atomic mass is 15.1. The number of nitrogens with zero attached hydrogens (tertiary/aromatic N) is 1. The Morgan fingerprint density at radius 1 is 1.24 bits per heavy atom. The van der Waals surface area contributed by atoms with E-state index in [0.717, 1.165) is 18.9 Å². The van der Waals surface area contributed by atoms with Crippen LogP contribution in [-0.2, 0) is 6.42 Å². The van der Waals surface area contributed by atoms with Crippen molar-refractivity contribution in [1.29, 1.82) is 0 Å². The third kappa shape index (κ3) is 3.47. The zero-order valence-corrected chi connectivity index (χ0v) is 11.2. The summed E-state index contributed by atoms with van der Waals surface area (Å²) in [5.74, 6) is 0.720. The summed E-state index contributed by atoms with van der Waals surface area (Å²) in [6.45, 7) is 5.48. The fraction of sp³-hybridized carbons (Fsp3) is 0.600. The summed E-state index contributed by atoms with van der Waals surface area (Å²) in [4.78, 5) is 2.27. The fourth-order valence-corrected chi connectivity index (χ4v) is 2.24. The predicted molar refractivity (Wildman–Crippen MR) is 74.4 cm³/mol. The highest BCUT2D eigenvalue weighted by Gasteiger charge is 2.39. The van der Waals surface area contributed by atoms with Crippen LogP contribution in [-0.4, -0.2) is 19.1 Å². The van der Waals surface area contributed by atoms with Gasteiger partial charge in [0.1, 0.15) is 0 Å². The van der Waals surface area contributed by atoms with E-state index in [0.29, 0.717) is 0 Å². The Balaban J connectivity index is 1.96. The molecular formula is C15H24N2. The van der Waals surface area contributed by atoms with Crippen LogP contribution < -0.4 is 10.6 Å². The van der Waals surface area contributed by atoms with Crippen molar-refractivity contribution >= 4 is 5.69 Å². The lowest BCUT2D eigenvalue weighted by atomic mass is 10.0. The minimum Gasteiger partial charge on any atom is -0.373 e. The molecule has 2 heteroatoms. The van der Waals surface area contributed by atoms with Gasteiger partial charge < -0.3 is 10.6 Å². The third-order valence-electron chi connectivity index (χ3n) is 3.47. The summed E-state index contributed by atoms with van der Waals surface area (Å²) in [5, 5.41) is 0. The lowest BCUT2D eigenvalue weighted by Crippen LogP contribution is -2.37. The Labute approximate surface area is 105 Å². The summed E-state index contributed by atoms with van der Waals surface area (Å²) < 4.78 is 0. The van der Waals surface area contributed by atoms with Crippen molar-refractivity contribution in [2.45, 2.75) is 38.6 Å². The van der Waals surface area contributed by atoms with E-state index >= 15 is 0 Å². The van der Waals surface area contributed by atoms with Gasteiger partial charge >= 0.3 is 0 Å². The smallest absolute Gasteiger partial charge is 0.0364 e. The molecule has 0 unspecified atom stereocenters. The molecule has 2 nitrogen and oxygen atoms in total. The van der Waals surface area contributed by atoms with Crippen molar-refractivity contribution in [3.05, 3.63) is 29.8 Å². The van der Waals surface area contributed by atoms with Crippen molar-refractivity contribution in [3.8, 4) is 0 Å². The average molecular weight is 232 g/mol. The first-order valence-corrected chi connectivity index (χ1v) is 6.57. The lowest BCUT2D eigenvalue weighted by Gasteiger charge is -2.23. The number of rotatable bonds is 5. The first-order valence-electron chi connectivity index (χ1n) is 6.57. The Hall–Kier alpha value is -1.02. The maximum atomic E-state index is 6.14. The van der Waals surface area contributed by atoms with Gasteiger partial charge in [-0.05, 0) is 42.9 Å². The molecule has 1 fully saturated rings. The zero-order chi connectivity index (χ0) is 12.5. The van der Waals surface area contributed by atoms with Gasteiger partial charge in [-0.1, -0.05) is 26.0 Å². The Morgan fingerprint density at radius 3 is 2.29 bits per heavy atom. The second-order valence-corrected chi connectivity index (χ2v) is 5.98. The number of nitrogens with two attached hydrogens (primary N) is 1. The Bertz CT molecular complexity index is 363. The summed E-state index contributed by atoms with van der Waals surface area (Å²) in [5.41, 5.74) is 8.92. The quantitative estimate of drug-likeness (QED) is 0.846. The van der Waals surface area contributed by atoms with Crippen molar-refractivity contribution in [2.24, 2.45) is 11.7 Å². The molecule has 2 rings (SSSR count). The number of hydrogen-bond donors (Lipinski definition) is 1. The van der Waals surface area contributed by atoms with E-state index in [1.54, 1.807) is 0 Å². The van der Waals surface area contributed by atoms with E-state index < -0.39 is 0 Å². The summed E-state index contributed by atoms with van der Waals surface area (Å²) in [6.07, 6.45) is 3.50. The lowest BCUT2D eigenvalue weighted by molar-refractivity contribution is 0.646. The zero-order valence-electron chi connectivity index (χ0n) is 11.2. The first-order chi connectivity index (χ1) is 7.98. The molecule has 1 aliphatic rings. The van der Waals surface area contributed by atoms with Gasteiger partial charge in [-0.15, -0.1) is 0 Å². The standard InChI is InChI=1S/C15H24N2/c1-12(2)10-13-4-6-14(7-5-13)17(3)11-15(16)8-9-15/h4-7,12H,8-11,16H2,1-3H3. The number of benzene rings is 1. The summed E-state index contributed by atoms with van der Waals surface area (Å²) >= 11 is 0. The third-order valence-corrected chi connectivity index (χ3v) is 3.47. The van der Waals surface area contributed by atoms with E-state index in [1.165, 1.54) is 24.1 Å². The second kappa shape index (κ2) is 4.69. The Morgan fingerprint density at radius 2 is 1.82 bits per heavy atom. The van der Waals surface area contributed by atoms with Crippen LogP contribution in [0.5, 0.6) is 0 Å². The van der Waals surface area contributed by atoms with Gasteiger partial charge in [-0.25, -0.2) is 0 Å². The van der Waals surface area contributed by atoms with Crippen LogP contribution in [0.15, 0.2) is 24.3 Å². The minimum atomic E-state index is 0.0886. The Kier molecular flexibility index (Phi) is 3.43. The van der Waals surface area contributed by atoms with E-state index in [-0.39, 0.29) is 5.54 Å². The van der Waals surface area contributed by atoms with Crippen LogP contribution in [0.4, 0.5) is 5.69 Å². The minimum absolute atomic E-state index is 0.0886. The normalized spacial score (nSPS) is 17.2. The highest BCUT2D eigenvalue weighted by molar-refractivity contribution is 5.47. The van der Waals surface area contributed by atoms with E-state index in [1.807, 2.05) is 0 Å². The van der Waals surface area contributed by atoms with Crippen LogP contribution in [0.25, 0.3) is 0 Å². The average Bonchev–Trinajstić information content (AvgIpc) is 2.96. The highest BCUT2D eigenvalue weighted by Crippen LogP contribution is 2.33. The molecule has 0 atom stereocenters. The number of likely N-dealkylation sites (N-methyl/N-ethyl adjacent to an activating group) is 1. The van der Waals surface area contributed by atoms with Gasteiger partial charge in [-0.3, -0.25) is 0 Å². The van der Waals surface area contributed by atoms with Crippen LogP contribution in [0.1, 0.15) is 32.3 Å². The molecule has 2 N–H and O–H groups in total. The van der Waals surface area contributed by atoms with Crippen LogP contribution in [0.2, 0.25) is 0 Å². The van der Waals surface area contributed by atoms with Gasteiger partial charge in [0.05, 0.1) is 0 Å². The van der Waals surface area contributed by atoms with Crippen molar-refractivity contribution in [3.63, 3.8) is 0 Å². The number of anilines is 1. The molecule has 0 aliphatic heterocycles. The predicted octanol–water partition coefficient (Wildman–Crippen LogP) is 2.81. The molecule has 0 bridgehead atoms. The summed E-state index contributed by atoms with van der Waals surface area (Å²) in [7, 11) is 2.13. The van der Waals surface area contributed by atoms with Gasteiger partial charge in [-0.2, -0.15) is 0 Å². The van der Waals surface area contributed by atoms with Gasteiger partial charge in [0.2, 0.25) is 0 Å². The van der Waals surface area contributed by atoms with E-state index in [2.05, 4.69) is 50.1 Å². The molecule has 0 spiro atoms. The summed E-state index contributed by atoms with van der Waals surface area (Å²) in [6, 6.07) is 8.90. The second-order valence-electron chi connectivity index (χ2n) is 5.98. The van der Waals surface area contributed by atoms with Gasteiger partial charge in [0, 0.05) is 24.8 Å². The first kappa shape index (κ1) is 12.4. The van der Waals surface area contributed by atoms with Gasteiger partial charge in [0.15, 0.2) is 0 Å². The van der Waals surface area contributed by atoms with Crippen molar-refractivity contribution in [1.82, 2.24) is 0 Å². The molecule has 0 aromatic heterocycles. The molecule has 0 amide bonds. The molecule has 94 valence electrons. The largest absolute Gasteiger partial charge is 0.373 e. The molecule has 1 aromatic carbocycles. The van der Waals surface area contributed by atoms with Crippen LogP contribution >= 0.6 is 0 Å². The molecule has 17 heavy (non-hydrogen) atoms. The van der Waals surface area contributed by atoms with Crippen LogP contribution in [0, 0.1) is 5.92 Å². The SMILES string of the molecule is CC(C)Cc1ccc(N(C)CC2(N)CC2)cc1. The van der Waals surface area contributed by atoms with Crippen molar-refractivity contribution in [2.75, 3.05) is 18.5 Å².